The minimum Gasteiger partial charge on any atom is -0.459 e. The Balaban J connectivity index is 1.08. The highest BCUT2D eigenvalue weighted by Crippen LogP contribution is 2.61. The van der Waals surface area contributed by atoms with Gasteiger partial charge in [0.1, 0.15) is 73.3 Å². The van der Waals surface area contributed by atoms with Crippen LogP contribution in [-0.4, -0.2) is 56.8 Å². The Bertz CT molecular complexity index is 4450. The number of nitriles is 4. The van der Waals surface area contributed by atoms with Crippen LogP contribution in [0.3, 0.4) is 0 Å². The van der Waals surface area contributed by atoms with Gasteiger partial charge in [-0.3, -0.25) is 28.8 Å². The third-order valence-electron chi connectivity index (χ3n) is 15.6. The second-order valence-corrected chi connectivity index (χ2v) is 22.6. The minimum atomic E-state index is -2.68. The van der Waals surface area contributed by atoms with Gasteiger partial charge in [-0.25, -0.2) is 20.0 Å². The molecule has 0 aliphatic heterocycles. The van der Waals surface area contributed by atoms with Gasteiger partial charge in [-0.15, -0.1) is 0 Å². The number of Topliss-reactive ketones (excluding diaryl/α,β-unsaturated/α-hetero) is 2. The minimum absolute atomic E-state index is 0.0453. The molecule has 0 fully saturated rings. The number of carbonyl (C=O) groups excluding carboxylic acids is 6. The molecule has 4 aliphatic carbocycles. The molecule has 20 heteroatoms. The topological polar surface area (TPSA) is 285 Å². The molecule has 0 N–H and O–H groups in total. The summed E-state index contributed by atoms with van der Waals surface area (Å²) in [5, 5.41) is 40.4. The number of esters is 4. The number of ether oxygens (including phenoxy) is 4. The van der Waals surface area contributed by atoms with Crippen LogP contribution >= 0.6 is 22.7 Å². The second kappa shape index (κ2) is 23.2. The lowest BCUT2D eigenvalue weighted by Gasteiger charge is -2.28. The highest BCUT2D eigenvalue weighted by Gasteiger charge is 2.65. The lowest BCUT2D eigenvalue weighted by molar-refractivity contribution is -0.166. The number of thiazole rings is 2. The molecule has 9 aromatic rings. The standard InChI is InChI=1S/C70H38N8O10S2/c71-31-43(32-72)53-45-25-13-15-27-47(45)57(79)55(53)75-67-77-61-59(89-67)49-30-52-50(29-51(49)69(61,63(81)85-35-39-17-5-1-6-18-39)64(82)86-36-40-19-7-2-8-20-40)60-62(78-68(90-60)76-56-54(44(33-73)34-74)46-26-14-16-28-48(46)58(56)80)70(52,65(83)87-37-41-21-9-3-10-22-41)66(84)88-38-42-23-11-4-12-24-42/h1-30H,35-38H2. The summed E-state index contributed by atoms with van der Waals surface area (Å²) >= 11 is 1.62. The lowest BCUT2D eigenvalue weighted by atomic mass is 9.76. The Morgan fingerprint density at radius 1 is 0.400 bits per heavy atom. The first-order chi connectivity index (χ1) is 43.9. The van der Waals surface area contributed by atoms with Crippen molar-refractivity contribution in [1.29, 1.82) is 21.0 Å². The summed E-state index contributed by atoms with van der Waals surface area (Å²) < 4.78 is 24.8. The van der Waals surface area contributed by atoms with Crippen LogP contribution in [0.5, 0.6) is 0 Å². The van der Waals surface area contributed by atoms with Crippen molar-refractivity contribution >= 4 is 90.9 Å². The van der Waals surface area contributed by atoms with Crippen LogP contribution < -0.4 is 0 Å². The van der Waals surface area contributed by atoms with E-state index in [2.05, 4.69) is 0 Å². The lowest BCUT2D eigenvalue weighted by Crippen LogP contribution is -2.47. The van der Waals surface area contributed by atoms with E-state index >= 15 is 19.2 Å². The molecule has 0 spiro atoms. The summed E-state index contributed by atoms with van der Waals surface area (Å²) in [6.45, 7) is -1.45. The number of nitrogens with zero attached hydrogens (tertiary/aromatic N) is 8. The van der Waals surface area contributed by atoms with Crippen molar-refractivity contribution < 1.29 is 47.7 Å². The molecular weight excluding hydrogens is 1180 g/mol. The van der Waals surface area contributed by atoms with Gasteiger partial charge in [-0.2, -0.15) is 21.0 Å². The van der Waals surface area contributed by atoms with Gasteiger partial charge in [0.05, 0.1) is 21.1 Å². The van der Waals surface area contributed by atoms with Gasteiger partial charge >= 0.3 is 23.9 Å². The number of aromatic nitrogens is 2. The number of carbonyl (C=O) groups is 6. The molecule has 13 rings (SSSR count). The van der Waals surface area contributed by atoms with Crippen LogP contribution in [0.2, 0.25) is 0 Å². The molecule has 0 bridgehead atoms. The van der Waals surface area contributed by atoms with Gasteiger partial charge < -0.3 is 18.9 Å². The van der Waals surface area contributed by atoms with E-state index < -0.39 is 57.4 Å². The highest BCUT2D eigenvalue weighted by atomic mass is 32.1. The van der Waals surface area contributed by atoms with Crippen LogP contribution in [0.4, 0.5) is 10.3 Å². The van der Waals surface area contributed by atoms with Crippen LogP contribution in [0, 0.1) is 45.3 Å². The van der Waals surface area contributed by atoms with Gasteiger partial charge in [0.25, 0.3) is 0 Å². The first-order valence-electron chi connectivity index (χ1n) is 27.6. The first-order valence-corrected chi connectivity index (χ1v) is 29.2. The molecule has 2 heterocycles. The van der Waals surface area contributed by atoms with E-state index in [-0.39, 0.29) is 125 Å². The van der Waals surface area contributed by atoms with Crippen LogP contribution in [0.25, 0.3) is 32.0 Å². The van der Waals surface area contributed by atoms with E-state index in [1.165, 1.54) is 24.3 Å². The molecule has 0 atom stereocenters. The second-order valence-electron chi connectivity index (χ2n) is 20.7. The maximum absolute atomic E-state index is 15.9. The molecule has 4 aliphatic rings. The molecular formula is C70H38N8O10S2. The van der Waals surface area contributed by atoms with Crippen molar-refractivity contribution in [2.24, 2.45) is 9.98 Å². The first kappa shape index (κ1) is 56.9. The molecule has 0 unspecified atom stereocenters. The SMILES string of the molecule is N#CC(C#N)=C1C(=Nc2nc3c(s2)-c2cc4c(cc2C3(C(=O)OCc2ccccc2)C(=O)OCc2ccccc2)-c2sc(N=C3C(=O)c5ccccc5C3=C(C#N)C#N)nc2C4(C(=O)OCc2ccccc2)C(=O)OCc2ccccc2)C(=O)c2ccccc21. The van der Waals surface area contributed by atoms with E-state index in [9.17, 15) is 30.6 Å². The number of aliphatic imine (C=N–C) groups is 2. The van der Waals surface area contributed by atoms with Gasteiger partial charge in [-0.1, -0.05) is 193 Å². The fraction of sp³-hybridized carbons (Fsp3) is 0.0857. The van der Waals surface area contributed by atoms with Crippen molar-refractivity contribution in [3.05, 3.63) is 260 Å². The average molecular weight is 1220 g/mol. The van der Waals surface area contributed by atoms with Crippen molar-refractivity contribution in [2.45, 2.75) is 37.3 Å². The molecule has 0 radical (unpaired) electrons. The van der Waals surface area contributed by atoms with Gasteiger partial charge in [-0.05, 0) is 67.8 Å². The molecule has 90 heavy (non-hydrogen) atoms. The van der Waals surface area contributed by atoms with E-state index in [1.807, 2.05) is 24.3 Å². The Labute approximate surface area is 519 Å². The maximum Gasteiger partial charge on any atom is 0.334 e. The van der Waals surface area contributed by atoms with E-state index in [0.717, 1.165) is 22.7 Å². The predicted molar refractivity (Wildman–Crippen MR) is 327 cm³/mol. The zero-order chi connectivity index (χ0) is 62.3. The van der Waals surface area contributed by atoms with Crippen LogP contribution in [0.15, 0.2) is 203 Å². The maximum atomic E-state index is 15.9. The zero-order valence-electron chi connectivity index (χ0n) is 46.6. The van der Waals surface area contributed by atoms with Crippen molar-refractivity contribution in [3.8, 4) is 45.2 Å². The third kappa shape index (κ3) is 9.28. The Hall–Kier alpha value is -12.2. The van der Waals surface area contributed by atoms with Crippen LogP contribution in [-0.2, 0) is 75.4 Å². The largest absolute Gasteiger partial charge is 0.459 e. The average Bonchev–Trinajstić information content (AvgIpc) is 1.51. The van der Waals surface area contributed by atoms with Crippen molar-refractivity contribution in [1.82, 2.24) is 9.97 Å². The molecule has 2 aromatic heterocycles. The van der Waals surface area contributed by atoms with E-state index in [4.69, 9.17) is 38.9 Å². The highest BCUT2D eigenvalue weighted by molar-refractivity contribution is 7.19. The van der Waals surface area contributed by atoms with Crippen LogP contribution in [0.1, 0.15) is 76.6 Å². The number of allylic oxidation sites excluding steroid dienone is 4. The third-order valence-corrected chi connectivity index (χ3v) is 17.6. The smallest absolute Gasteiger partial charge is 0.334 e. The fourth-order valence-electron chi connectivity index (χ4n) is 11.5. The molecule has 0 saturated heterocycles. The quantitative estimate of drug-likeness (QED) is 0.0423. The fourth-order valence-corrected chi connectivity index (χ4v) is 13.5. The number of benzene rings is 7. The molecule has 430 valence electrons. The summed E-state index contributed by atoms with van der Waals surface area (Å²) in [5.74, 6) is -5.99. The summed E-state index contributed by atoms with van der Waals surface area (Å²) in [5.41, 5.74) is -4.64. The molecule has 0 saturated carbocycles. The van der Waals surface area contributed by atoms with Gasteiger partial charge in [0.2, 0.25) is 32.7 Å². The normalized spacial score (nSPS) is 14.8. The summed E-state index contributed by atoms with van der Waals surface area (Å²) in [6, 6.07) is 57.7. The Kier molecular flexibility index (Phi) is 14.7. The van der Waals surface area contributed by atoms with Crippen molar-refractivity contribution in [2.75, 3.05) is 0 Å². The summed E-state index contributed by atoms with van der Waals surface area (Å²) in [7, 11) is 0. The van der Waals surface area contributed by atoms with Gasteiger partial charge in [0.15, 0.2) is 0 Å². The Morgan fingerprint density at radius 3 is 0.967 bits per heavy atom. The zero-order valence-corrected chi connectivity index (χ0v) is 48.3. The van der Waals surface area contributed by atoms with E-state index in [1.54, 1.807) is 158 Å². The molecule has 18 nitrogen and oxygen atoms in total. The summed E-state index contributed by atoms with van der Waals surface area (Å²) in [4.78, 5) is 112. The number of rotatable bonds is 14. The number of fused-ring (bicyclic) bond motifs is 8. The monoisotopic (exact) mass is 1210 g/mol. The number of hydrogen-bond acceptors (Lipinski definition) is 20. The summed E-state index contributed by atoms with van der Waals surface area (Å²) in [6.07, 6.45) is 0. The molecule has 7 aromatic carbocycles. The number of ketones is 2. The van der Waals surface area contributed by atoms with Gasteiger partial charge in [0, 0.05) is 22.3 Å². The van der Waals surface area contributed by atoms with Crippen molar-refractivity contribution in [3.63, 3.8) is 0 Å². The Morgan fingerprint density at radius 2 is 0.678 bits per heavy atom. The van der Waals surface area contributed by atoms with E-state index in [0.29, 0.717) is 22.3 Å². The molecule has 0 amide bonds. The predicted octanol–water partition coefficient (Wildman–Crippen LogP) is 11.6. The number of hydrogen-bond donors (Lipinski definition) is 0.